The molecule has 0 bridgehead atoms. The first-order chi connectivity index (χ1) is 9.21. The predicted octanol–water partition coefficient (Wildman–Crippen LogP) is 3.31. The molecule has 0 atom stereocenters. The predicted molar refractivity (Wildman–Crippen MR) is 81.2 cm³/mol. The fraction of sp³-hybridized carbons (Fsp3) is 0.467. The van der Waals surface area contributed by atoms with Gasteiger partial charge < -0.3 is 5.32 Å². The van der Waals surface area contributed by atoms with E-state index in [9.17, 15) is 0 Å². The second-order valence-electron chi connectivity index (χ2n) is 4.83. The first kappa shape index (κ1) is 14.0. The molecule has 0 unspecified atom stereocenters. The zero-order valence-corrected chi connectivity index (χ0v) is 12.3. The lowest BCUT2D eigenvalue weighted by Gasteiger charge is -2.25. The molecule has 1 aromatic carbocycles. The van der Waals surface area contributed by atoms with E-state index in [4.69, 9.17) is 5.26 Å². The van der Waals surface area contributed by atoms with Crippen LogP contribution in [-0.4, -0.2) is 16.5 Å². The van der Waals surface area contributed by atoms with Crippen molar-refractivity contribution >= 4 is 16.9 Å². The highest BCUT2D eigenvalue weighted by Crippen LogP contribution is 2.29. The largest absolute Gasteiger partial charge is 0.359 e. The molecule has 1 aromatic rings. The minimum absolute atomic E-state index is 0.230. The van der Waals surface area contributed by atoms with Gasteiger partial charge in [-0.05, 0) is 30.5 Å². The Morgan fingerprint density at radius 1 is 1.32 bits per heavy atom. The summed E-state index contributed by atoms with van der Waals surface area (Å²) in [5, 5.41) is 13.4. The first-order valence-corrected chi connectivity index (χ1v) is 7.64. The van der Waals surface area contributed by atoms with E-state index < -0.39 is 0 Å². The quantitative estimate of drug-likeness (QED) is 0.915. The molecule has 2 rings (SSSR count). The number of hydrogen-bond donors (Lipinski definition) is 1. The van der Waals surface area contributed by atoms with Crippen molar-refractivity contribution in [3.05, 3.63) is 35.4 Å². The average molecular weight is 273 g/mol. The summed E-state index contributed by atoms with van der Waals surface area (Å²) in [6.07, 6.45) is 2.26. The summed E-state index contributed by atoms with van der Waals surface area (Å²) in [7, 11) is 0. The summed E-state index contributed by atoms with van der Waals surface area (Å²) >= 11 is 1.81. The lowest BCUT2D eigenvalue weighted by atomic mass is 9.96. The third-order valence-electron chi connectivity index (χ3n) is 3.70. The lowest BCUT2D eigenvalue weighted by molar-refractivity contribution is 0.407. The van der Waals surface area contributed by atoms with Crippen molar-refractivity contribution in [2.45, 2.75) is 38.8 Å². The van der Waals surface area contributed by atoms with Gasteiger partial charge >= 0.3 is 0 Å². The molecule has 0 saturated carbocycles. The summed E-state index contributed by atoms with van der Waals surface area (Å²) in [5.41, 5.74) is 2.06. The minimum Gasteiger partial charge on any atom is -0.359 e. The van der Waals surface area contributed by atoms with Gasteiger partial charge in [0.2, 0.25) is 0 Å². The maximum atomic E-state index is 8.75. The molecule has 1 saturated heterocycles. The summed E-state index contributed by atoms with van der Waals surface area (Å²) < 4.78 is 0. The zero-order valence-electron chi connectivity index (χ0n) is 11.4. The van der Waals surface area contributed by atoms with Gasteiger partial charge in [-0.3, -0.25) is 4.99 Å². The second kappa shape index (κ2) is 6.12. The molecule has 1 fully saturated rings. The smallest absolute Gasteiger partial charge is 0.157 e. The molecule has 1 N–H and O–H groups in total. The number of nitriles is 1. The van der Waals surface area contributed by atoms with Crippen LogP contribution in [0.4, 0.5) is 0 Å². The Hall–Kier alpha value is -1.47. The molecule has 1 aliphatic heterocycles. The number of amidine groups is 1. The number of thioether (sulfide) groups is 1. The van der Waals surface area contributed by atoms with E-state index in [0.29, 0.717) is 12.1 Å². The van der Waals surface area contributed by atoms with Gasteiger partial charge in [-0.1, -0.05) is 37.7 Å². The molecule has 19 heavy (non-hydrogen) atoms. The van der Waals surface area contributed by atoms with E-state index in [0.717, 1.165) is 29.3 Å². The molecule has 0 aromatic heterocycles. The number of benzene rings is 1. The maximum Gasteiger partial charge on any atom is 0.157 e. The van der Waals surface area contributed by atoms with E-state index in [2.05, 4.69) is 30.2 Å². The highest BCUT2D eigenvalue weighted by Gasteiger charge is 2.33. The van der Waals surface area contributed by atoms with Gasteiger partial charge in [-0.15, -0.1) is 0 Å². The van der Waals surface area contributed by atoms with E-state index in [-0.39, 0.29) is 5.54 Å². The fourth-order valence-electron chi connectivity index (χ4n) is 2.07. The maximum absolute atomic E-state index is 8.75. The van der Waals surface area contributed by atoms with Gasteiger partial charge in [0.1, 0.15) is 0 Å². The third-order valence-corrected chi connectivity index (χ3v) is 4.90. The van der Waals surface area contributed by atoms with Crippen LogP contribution in [0.5, 0.6) is 0 Å². The van der Waals surface area contributed by atoms with Gasteiger partial charge in [-0.25, -0.2) is 0 Å². The summed E-state index contributed by atoms with van der Waals surface area (Å²) in [6, 6.07) is 9.74. The summed E-state index contributed by atoms with van der Waals surface area (Å²) in [6.45, 7) is 5.12. The lowest BCUT2D eigenvalue weighted by Crippen LogP contribution is -2.42. The van der Waals surface area contributed by atoms with Crippen LogP contribution in [-0.2, 0) is 6.54 Å². The molecule has 0 spiro atoms. The monoisotopic (exact) mass is 273 g/mol. The molecule has 3 nitrogen and oxygen atoms in total. The van der Waals surface area contributed by atoms with Crippen molar-refractivity contribution in [2.24, 2.45) is 4.99 Å². The summed E-state index contributed by atoms with van der Waals surface area (Å²) in [4.78, 5) is 4.63. The Kier molecular flexibility index (Phi) is 4.49. The second-order valence-corrected chi connectivity index (χ2v) is 5.80. The molecule has 0 amide bonds. The number of aliphatic imine (C=N–C) groups is 1. The average Bonchev–Trinajstić information content (AvgIpc) is 2.90. The van der Waals surface area contributed by atoms with Crippen LogP contribution in [0.25, 0.3) is 0 Å². The molecular weight excluding hydrogens is 254 g/mol. The van der Waals surface area contributed by atoms with Gasteiger partial charge in [0.25, 0.3) is 0 Å². The van der Waals surface area contributed by atoms with Crippen molar-refractivity contribution in [1.82, 2.24) is 5.32 Å². The summed E-state index contributed by atoms with van der Waals surface area (Å²) in [5.74, 6) is 1.10. The van der Waals surface area contributed by atoms with Gasteiger partial charge in [0, 0.05) is 11.3 Å². The number of nitrogens with one attached hydrogen (secondary N) is 1. The van der Waals surface area contributed by atoms with Crippen LogP contribution in [0.15, 0.2) is 29.3 Å². The van der Waals surface area contributed by atoms with E-state index in [1.54, 1.807) is 0 Å². The van der Waals surface area contributed by atoms with Crippen molar-refractivity contribution in [2.75, 3.05) is 5.75 Å². The Morgan fingerprint density at radius 3 is 2.53 bits per heavy atom. The normalized spacial score (nSPS) is 19.1. The van der Waals surface area contributed by atoms with Crippen LogP contribution in [0, 0.1) is 11.3 Å². The van der Waals surface area contributed by atoms with Gasteiger partial charge in [0.15, 0.2) is 5.17 Å². The van der Waals surface area contributed by atoms with Crippen LogP contribution in [0.3, 0.4) is 0 Å². The Balaban J connectivity index is 1.98. The molecule has 1 aliphatic rings. The molecule has 0 aliphatic carbocycles. The Labute approximate surface area is 119 Å². The van der Waals surface area contributed by atoms with Gasteiger partial charge in [0.05, 0.1) is 18.2 Å². The first-order valence-electron chi connectivity index (χ1n) is 6.66. The zero-order chi connectivity index (χ0) is 13.7. The molecule has 100 valence electrons. The van der Waals surface area contributed by atoms with E-state index >= 15 is 0 Å². The number of rotatable bonds is 4. The Bertz CT molecular complexity index is 495. The standard InChI is InChI=1S/C15H19N3S/c1-3-15(4-2)11-19-14(18-15)17-10-13-7-5-12(9-16)6-8-13/h5-8H,3-4,10-11H2,1-2H3,(H,17,18). The molecule has 1 heterocycles. The van der Waals surface area contributed by atoms with Crippen molar-refractivity contribution in [3.8, 4) is 6.07 Å². The van der Waals surface area contributed by atoms with Crippen LogP contribution in [0.1, 0.15) is 37.8 Å². The topological polar surface area (TPSA) is 48.2 Å². The van der Waals surface area contributed by atoms with Crippen molar-refractivity contribution in [3.63, 3.8) is 0 Å². The highest BCUT2D eigenvalue weighted by atomic mass is 32.2. The molecule has 4 heteroatoms. The third kappa shape index (κ3) is 3.30. The van der Waals surface area contributed by atoms with Crippen molar-refractivity contribution < 1.29 is 0 Å². The Morgan fingerprint density at radius 2 is 2.00 bits per heavy atom. The van der Waals surface area contributed by atoms with Crippen LogP contribution >= 0.6 is 11.8 Å². The van der Waals surface area contributed by atoms with E-state index in [1.807, 2.05) is 36.0 Å². The van der Waals surface area contributed by atoms with Crippen LogP contribution < -0.4 is 5.32 Å². The van der Waals surface area contributed by atoms with Gasteiger partial charge in [-0.2, -0.15) is 5.26 Å². The van der Waals surface area contributed by atoms with Crippen LogP contribution in [0.2, 0.25) is 0 Å². The van der Waals surface area contributed by atoms with E-state index in [1.165, 1.54) is 0 Å². The molecule has 0 radical (unpaired) electrons. The number of hydrogen-bond acceptors (Lipinski definition) is 3. The SMILES string of the molecule is CCC1(CC)CSC(=NCc2ccc(C#N)cc2)N1. The number of nitrogens with zero attached hydrogens (tertiary/aromatic N) is 2. The minimum atomic E-state index is 0.230. The molecular formula is C15H19N3S. The fourth-order valence-corrected chi connectivity index (χ4v) is 3.41. The van der Waals surface area contributed by atoms with Crippen molar-refractivity contribution in [1.29, 1.82) is 5.26 Å². The highest BCUT2D eigenvalue weighted by molar-refractivity contribution is 8.14.